The van der Waals surface area contributed by atoms with E-state index in [0.29, 0.717) is 25.2 Å². The summed E-state index contributed by atoms with van der Waals surface area (Å²) in [5.41, 5.74) is 8.46. The molecule has 0 atom stereocenters. The second kappa shape index (κ2) is 6.92. The van der Waals surface area contributed by atoms with Crippen LogP contribution >= 0.6 is 11.6 Å². The molecule has 4 nitrogen and oxygen atoms in total. The number of carbonyl (C=O) groups excluding carboxylic acids is 1. The second-order valence-corrected chi connectivity index (χ2v) is 6.15. The molecule has 1 amide bonds. The smallest absolute Gasteiger partial charge is 0.227 e. The van der Waals surface area contributed by atoms with Crippen LogP contribution in [0.25, 0.3) is 0 Å². The minimum atomic E-state index is 0.148. The molecule has 0 aliphatic carbocycles. The SMILES string of the molecule is Nc1cccc(CC(=O)N2CCN(c3ccccc3Cl)CC2)c1. The fourth-order valence-electron chi connectivity index (χ4n) is 2.89. The number of benzene rings is 2. The maximum atomic E-state index is 12.4. The van der Waals surface area contributed by atoms with Crippen molar-refractivity contribution < 1.29 is 4.79 Å². The van der Waals surface area contributed by atoms with E-state index in [4.69, 9.17) is 17.3 Å². The topological polar surface area (TPSA) is 49.6 Å². The van der Waals surface area contributed by atoms with E-state index in [9.17, 15) is 4.79 Å². The van der Waals surface area contributed by atoms with E-state index in [1.54, 1.807) is 0 Å². The van der Waals surface area contributed by atoms with Gasteiger partial charge in [0.2, 0.25) is 5.91 Å². The molecule has 3 rings (SSSR count). The average Bonchev–Trinajstić information content (AvgIpc) is 2.55. The van der Waals surface area contributed by atoms with Gasteiger partial charge in [0.25, 0.3) is 0 Å². The minimum absolute atomic E-state index is 0.148. The zero-order chi connectivity index (χ0) is 16.2. The first-order valence-electron chi connectivity index (χ1n) is 7.75. The number of nitrogens with two attached hydrogens (primary N) is 1. The normalized spacial score (nSPS) is 14.8. The lowest BCUT2D eigenvalue weighted by molar-refractivity contribution is -0.130. The number of nitrogens with zero attached hydrogens (tertiary/aromatic N) is 2. The number of rotatable bonds is 3. The van der Waals surface area contributed by atoms with Gasteiger partial charge in [-0.3, -0.25) is 4.79 Å². The number of anilines is 2. The van der Waals surface area contributed by atoms with Crippen molar-refractivity contribution in [2.24, 2.45) is 0 Å². The zero-order valence-corrected chi connectivity index (χ0v) is 13.7. The van der Waals surface area contributed by atoms with Gasteiger partial charge in [0, 0.05) is 31.9 Å². The highest BCUT2D eigenvalue weighted by Crippen LogP contribution is 2.26. The Morgan fingerprint density at radius 2 is 1.78 bits per heavy atom. The number of para-hydroxylation sites is 1. The van der Waals surface area contributed by atoms with Gasteiger partial charge < -0.3 is 15.5 Å². The molecule has 5 heteroatoms. The molecule has 120 valence electrons. The molecule has 1 heterocycles. The van der Waals surface area contributed by atoms with E-state index in [-0.39, 0.29) is 5.91 Å². The standard InChI is InChI=1S/C18H20ClN3O/c19-16-6-1-2-7-17(16)21-8-10-22(11-9-21)18(23)13-14-4-3-5-15(20)12-14/h1-7,12H,8-11,13,20H2. The van der Waals surface area contributed by atoms with E-state index in [0.717, 1.165) is 29.4 Å². The molecule has 1 aliphatic rings. The van der Waals surface area contributed by atoms with Crippen LogP contribution in [0.4, 0.5) is 11.4 Å². The number of halogens is 1. The van der Waals surface area contributed by atoms with Gasteiger partial charge in [-0.15, -0.1) is 0 Å². The third-order valence-electron chi connectivity index (χ3n) is 4.13. The average molecular weight is 330 g/mol. The zero-order valence-electron chi connectivity index (χ0n) is 12.9. The lowest BCUT2D eigenvalue weighted by Crippen LogP contribution is -2.49. The molecule has 2 N–H and O–H groups in total. The summed E-state index contributed by atoms with van der Waals surface area (Å²) in [5, 5.41) is 0.757. The highest BCUT2D eigenvalue weighted by molar-refractivity contribution is 6.33. The van der Waals surface area contributed by atoms with Crippen LogP contribution in [-0.4, -0.2) is 37.0 Å². The van der Waals surface area contributed by atoms with Crippen molar-refractivity contribution in [3.05, 3.63) is 59.1 Å². The summed E-state index contributed by atoms with van der Waals surface area (Å²) in [4.78, 5) is 16.6. The highest BCUT2D eigenvalue weighted by Gasteiger charge is 2.22. The van der Waals surface area contributed by atoms with Crippen molar-refractivity contribution in [1.29, 1.82) is 0 Å². The summed E-state index contributed by atoms with van der Waals surface area (Å²) < 4.78 is 0. The summed E-state index contributed by atoms with van der Waals surface area (Å²) in [6, 6.07) is 15.3. The number of hydrogen-bond acceptors (Lipinski definition) is 3. The van der Waals surface area contributed by atoms with Gasteiger partial charge in [-0.2, -0.15) is 0 Å². The van der Waals surface area contributed by atoms with E-state index in [2.05, 4.69) is 4.90 Å². The van der Waals surface area contributed by atoms with Crippen LogP contribution in [0.3, 0.4) is 0 Å². The van der Waals surface area contributed by atoms with E-state index in [1.165, 1.54) is 0 Å². The molecule has 23 heavy (non-hydrogen) atoms. The number of carbonyl (C=O) groups is 1. The Balaban J connectivity index is 1.58. The van der Waals surface area contributed by atoms with E-state index in [1.807, 2.05) is 53.4 Å². The van der Waals surface area contributed by atoms with Crippen LogP contribution in [0.1, 0.15) is 5.56 Å². The Kier molecular flexibility index (Phi) is 4.72. The Bertz CT molecular complexity index is 696. The first-order chi connectivity index (χ1) is 11.1. The lowest BCUT2D eigenvalue weighted by atomic mass is 10.1. The van der Waals surface area contributed by atoms with Crippen LogP contribution in [-0.2, 0) is 11.2 Å². The summed E-state index contributed by atoms with van der Waals surface area (Å²) in [7, 11) is 0. The van der Waals surface area contributed by atoms with Crippen LogP contribution in [0.2, 0.25) is 5.02 Å². The predicted octanol–water partition coefficient (Wildman–Crippen LogP) is 2.81. The fourth-order valence-corrected chi connectivity index (χ4v) is 3.15. The van der Waals surface area contributed by atoms with Crippen molar-refractivity contribution in [2.45, 2.75) is 6.42 Å². The van der Waals surface area contributed by atoms with Crippen molar-refractivity contribution in [2.75, 3.05) is 36.8 Å². The van der Waals surface area contributed by atoms with Crippen molar-refractivity contribution >= 4 is 28.9 Å². The Labute approximate surface area is 141 Å². The first-order valence-corrected chi connectivity index (χ1v) is 8.13. The van der Waals surface area contributed by atoms with Gasteiger partial charge >= 0.3 is 0 Å². The van der Waals surface area contributed by atoms with Crippen molar-refractivity contribution in [3.8, 4) is 0 Å². The highest BCUT2D eigenvalue weighted by atomic mass is 35.5. The van der Waals surface area contributed by atoms with Gasteiger partial charge in [-0.05, 0) is 29.8 Å². The first kappa shape index (κ1) is 15.7. The fraction of sp³-hybridized carbons (Fsp3) is 0.278. The molecule has 0 radical (unpaired) electrons. The Hall–Kier alpha value is -2.20. The van der Waals surface area contributed by atoms with Crippen molar-refractivity contribution in [1.82, 2.24) is 4.90 Å². The largest absolute Gasteiger partial charge is 0.399 e. The molecule has 0 saturated carbocycles. The second-order valence-electron chi connectivity index (χ2n) is 5.74. The molecule has 1 aliphatic heterocycles. The third kappa shape index (κ3) is 3.77. The summed E-state index contributed by atoms with van der Waals surface area (Å²) in [5.74, 6) is 0.148. The molecular weight excluding hydrogens is 310 g/mol. The summed E-state index contributed by atoms with van der Waals surface area (Å²) in [6.07, 6.45) is 0.400. The quantitative estimate of drug-likeness (QED) is 0.881. The molecule has 0 spiro atoms. The molecule has 0 aromatic heterocycles. The van der Waals surface area contributed by atoms with Crippen LogP contribution in [0, 0.1) is 0 Å². The summed E-state index contributed by atoms with van der Waals surface area (Å²) in [6.45, 7) is 3.03. The Morgan fingerprint density at radius 1 is 1.04 bits per heavy atom. The van der Waals surface area contributed by atoms with E-state index < -0.39 is 0 Å². The Morgan fingerprint density at radius 3 is 2.48 bits per heavy atom. The number of amides is 1. The predicted molar refractivity (Wildman–Crippen MR) is 94.8 cm³/mol. The minimum Gasteiger partial charge on any atom is -0.399 e. The maximum Gasteiger partial charge on any atom is 0.227 e. The third-order valence-corrected chi connectivity index (χ3v) is 4.45. The summed E-state index contributed by atoms with van der Waals surface area (Å²) >= 11 is 6.24. The molecule has 1 saturated heterocycles. The maximum absolute atomic E-state index is 12.4. The molecular formula is C18H20ClN3O. The number of nitrogen functional groups attached to an aromatic ring is 1. The van der Waals surface area contributed by atoms with Crippen LogP contribution in [0.15, 0.2) is 48.5 Å². The molecule has 2 aromatic carbocycles. The van der Waals surface area contributed by atoms with E-state index >= 15 is 0 Å². The van der Waals surface area contributed by atoms with Crippen LogP contribution < -0.4 is 10.6 Å². The number of hydrogen-bond donors (Lipinski definition) is 1. The molecule has 2 aromatic rings. The number of piperazine rings is 1. The van der Waals surface area contributed by atoms with Gasteiger partial charge in [0.1, 0.15) is 0 Å². The molecule has 1 fully saturated rings. The van der Waals surface area contributed by atoms with Gasteiger partial charge in [-0.1, -0.05) is 35.9 Å². The molecule has 0 bridgehead atoms. The lowest BCUT2D eigenvalue weighted by Gasteiger charge is -2.36. The molecule has 0 unspecified atom stereocenters. The van der Waals surface area contributed by atoms with Crippen molar-refractivity contribution in [3.63, 3.8) is 0 Å². The van der Waals surface area contributed by atoms with Gasteiger partial charge in [0.15, 0.2) is 0 Å². The van der Waals surface area contributed by atoms with Crippen LogP contribution in [0.5, 0.6) is 0 Å². The monoisotopic (exact) mass is 329 g/mol. The van der Waals surface area contributed by atoms with Gasteiger partial charge in [-0.25, -0.2) is 0 Å². The van der Waals surface area contributed by atoms with Gasteiger partial charge in [0.05, 0.1) is 17.1 Å².